The third-order valence-electron chi connectivity index (χ3n) is 8.22. The molecule has 2 aliphatic rings. The average molecular weight is 625 g/mol. The van der Waals surface area contributed by atoms with Gasteiger partial charge in [0.25, 0.3) is 0 Å². The van der Waals surface area contributed by atoms with Crippen molar-refractivity contribution in [3.63, 3.8) is 0 Å². The number of hydrogen-bond acceptors (Lipinski definition) is 6. The highest BCUT2D eigenvalue weighted by Gasteiger charge is 2.46. The molecule has 11 heteroatoms. The number of carboxylic acid groups (broad SMARTS) is 1. The van der Waals surface area contributed by atoms with Gasteiger partial charge in [0.2, 0.25) is 0 Å². The monoisotopic (exact) mass is 623 g/mol. The Kier molecular flexibility index (Phi) is 6.70. The average Bonchev–Trinajstić information content (AvgIpc) is 3.56. The highest BCUT2D eigenvalue weighted by atomic mass is 35.5. The number of aromatic nitrogens is 3. The van der Waals surface area contributed by atoms with Crippen LogP contribution < -0.4 is 4.74 Å². The summed E-state index contributed by atoms with van der Waals surface area (Å²) >= 11 is 19.6. The maximum atomic E-state index is 11.4. The lowest BCUT2D eigenvalue weighted by Gasteiger charge is -2.44. The number of aromatic amines is 1. The van der Waals surface area contributed by atoms with E-state index in [0.717, 1.165) is 29.7 Å². The fraction of sp³-hybridized carbons (Fsp3) is 0.258. The molecule has 2 aliphatic carbocycles. The number of halogens is 3. The molecule has 0 spiro atoms. The fourth-order valence-electron chi connectivity index (χ4n) is 5.83. The van der Waals surface area contributed by atoms with Gasteiger partial charge in [0.1, 0.15) is 23.8 Å². The summed E-state index contributed by atoms with van der Waals surface area (Å²) in [5, 5.41) is 33.6. The molecule has 2 heterocycles. The SMILES string of the molecule is O=C(O)c1n[nH]c2cc(C3CC(O)(c4ccc(OCc5c(-c6c(Cl)cccc6Cl)noc5C5CC5)cc4Cl)C3)ccc12. The van der Waals surface area contributed by atoms with Crippen LogP contribution >= 0.6 is 34.8 Å². The molecule has 2 fully saturated rings. The van der Waals surface area contributed by atoms with Crippen LogP contribution in [-0.4, -0.2) is 31.5 Å². The number of nitrogens with zero attached hydrogens (tertiary/aromatic N) is 2. The molecule has 5 aromatic rings. The number of nitrogens with one attached hydrogen (secondary N) is 1. The zero-order valence-corrected chi connectivity index (χ0v) is 24.3. The Morgan fingerprint density at radius 1 is 1.02 bits per heavy atom. The van der Waals surface area contributed by atoms with Crippen molar-refractivity contribution in [2.24, 2.45) is 0 Å². The lowest BCUT2D eigenvalue weighted by atomic mass is 9.65. The van der Waals surface area contributed by atoms with Crippen molar-refractivity contribution >= 4 is 51.7 Å². The molecule has 0 unspecified atom stereocenters. The lowest BCUT2D eigenvalue weighted by Crippen LogP contribution is -2.40. The van der Waals surface area contributed by atoms with Crippen LogP contribution in [0.25, 0.3) is 22.2 Å². The molecular formula is C31H24Cl3N3O5. The van der Waals surface area contributed by atoms with Crippen molar-refractivity contribution in [2.75, 3.05) is 0 Å². The van der Waals surface area contributed by atoms with Crippen molar-refractivity contribution in [3.8, 4) is 17.0 Å². The summed E-state index contributed by atoms with van der Waals surface area (Å²) in [6.45, 7) is 0.188. The van der Waals surface area contributed by atoms with E-state index in [9.17, 15) is 15.0 Å². The largest absolute Gasteiger partial charge is 0.489 e. The summed E-state index contributed by atoms with van der Waals surface area (Å²) in [7, 11) is 0. The third-order valence-corrected chi connectivity index (χ3v) is 9.16. The topological polar surface area (TPSA) is 121 Å². The third kappa shape index (κ3) is 4.72. The first-order valence-corrected chi connectivity index (χ1v) is 14.6. The lowest BCUT2D eigenvalue weighted by molar-refractivity contribution is -0.0549. The quantitative estimate of drug-likeness (QED) is 0.159. The van der Waals surface area contributed by atoms with E-state index in [-0.39, 0.29) is 18.2 Å². The normalized spacial score (nSPS) is 20.0. The predicted molar refractivity (Wildman–Crippen MR) is 159 cm³/mol. The number of hydrogen-bond donors (Lipinski definition) is 3. The van der Waals surface area contributed by atoms with Gasteiger partial charge >= 0.3 is 5.97 Å². The number of benzene rings is 3. The molecule has 2 aromatic heterocycles. The van der Waals surface area contributed by atoms with Crippen molar-refractivity contribution in [1.82, 2.24) is 15.4 Å². The van der Waals surface area contributed by atoms with Crippen LogP contribution in [-0.2, 0) is 12.2 Å². The molecule has 42 heavy (non-hydrogen) atoms. The summed E-state index contributed by atoms with van der Waals surface area (Å²) in [6, 6.07) is 16.1. The van der Waals surface area contributed by atoms with Crippen LogP contribution in [0.15, 0.2) is 59.1 Å². The Morgan fingerprint density at radius 2 is 1.79 bits per heavy atom. The van der Waals surface area contributed by atoms with Gasteiger partial charge in [-0.1, -0.05) is 64.2 Å². The van der Waals surface area contributed by atoms with Crippen LogP contribution in [0, 0.1) is 0 Å². The van der Waals surface area contributed by atoms with Crippen molar-refractivity contribution < 1.29 is 24.3 Å². The second kappa shape index (κ2) is 10.3. The van der Waals surface area contributed by atoms with Gasteiger partial charge in [-0.25, -0.2) is 4.79 Å². The van der Waals surface area contributed by atoms with Crippen LogP contribution in [0.2, 0.25) is 15.1 Å². The van der Waals surface area contributed by atoms with Gasteiger partial charge in [0.15, 0.2) is 5.69 Å². The van der Waals surface area contributed by atoms with E-state index in [1.165, 1.54) is 0 Å². The molecule has 8 nitrogen and oxygen atoms in total. The Bertz CT molecular complexity index is 1840. The summed E-state index contributed by atoms with van der Waals surface area (Å²) in [6.07, 6.45) is 3.01. The molecule has 0 saturated heterocycles. The minimum Gasteiger partial charge on any atom is -0.489 e. The van der Waals surface area contributed by atoms with Gasteiger partial charge in [-0.15, -0.1) is 0 Å². The standard InChI is InChI=1S/C31H24Cl3N3O5/c32-22-2-1-3-23(33)26(22)27-20(29(42-37-27)15-4-5-15)14-41-18-7-9-21(24(34)11-18)31(40)12-17(13-31)16-6-8-19-25(10-16)35-36-28(19)30(38)39/h1-3,6-11,15,17,40H,4-5,12-14H2,(H,35,36)(H,38,39). The molecular weight excluding hydrogens is 601 g/mol. The number of rotatable bonds is 8. The number of H-pyrrole nitrogens is 1. The number of aliphatic hydroxyl groups is 1. The maximum Gasteiger partial charge on any atom is 0.357 e. The van der Waals surface area contributed by atoms with Crippen LogP contribution in [0.5, 0.6) is 5.75 Å². The Morgan fingerprint density at radius 3 is 2.48 bits per heavy atom. The Hall–Kier alpha value is -3.56. The summed E-state index contributed by atoms with van der Waals surface area (Å²) in [5.74, 6) is 0.634. The Balaban J connectivity index is 1.08. The molecule has 0 radical (unpaired) electrons. The summed E-state index contributed by atoms with van der Waals surface area (Å²) < 4.78 is 11.9. The summed E-state index contributed by atoms with van der Waals surface area (Å²) in [5.41, 5.74) is 3.17. The smallest absolute Gasteiger partial charge is 0.357 e. The van der Waals surface area contributed by atoms with E-state index >= 15 is 0 Å². The van der Waals surface area contributed by atoms with Gasteiger partial charge < -0.3 is 19.5 Å². The van der Waals surface area contributed by atoms with E-state index < -0.39 is 11.6 Å². The molecule has 7 rings (SSSR count). The molecule has 3 N–H and O–H groups in total. The van der Waals surface area contributed by atoms with E-state index in [4.69, 9.17) is 44.1 Å². The molecule has 3 aromatic carbocycles. The minimum atomic E-state index is -1.09. The number of carbonyl (C=O) groups is 1. The van der Waals surface area contributed by atoms with Crippen molar-refractivity contribution in [3.05, 3.63) is 97.8 Å². The van der Waals surface area contributed by atoms with Gasteiger partial charge in [0, 0.05) is 22.4 Å². The van der Waals surface area contributed by atoms with E-state index in [2.05, 4.69) is 15.4 Å². The number of fused-ring (bicyclic) bond motifs is 1. The van der Waals surface area contributed by atoms with E-state index in [1.807, 2.05) is 12.1 Å². The number of carboxylic acids is 1. The molecule has 0 amide bonds. The molecule has 2 saturated carbocycles. The number of aromatic carboxylic acids is 1. The highest BCUT2D eigenvalue weighted by molar-refractivity contribution is 6.39. The van der Waals surface area contributed by atoms with Gasteiger partial charge in [-0.3, -0.25) is 5.10 Å². The molecule has 0 bridgehead atoms. The van der Waals surface area contributed by atoms with Gasteiger partial charge in [0.05, 0.1) is 31.7 Å². The highest BCUT2D eigenvalue weighted by Crippen LogP contribution is 2.53. The zero-order valence-electron chi connectivity index (χ0n) is 22.0. The molecule has 0 aliphatic heterocycles. The minimum absolute atomic E-state index is 0.00700. The van der Waals surface area contributed by atoms with Crippen LogP contribution in [0.1, 0.15) is 70.5 Å². The van der Waals surface area contributed by atoms with Gasteiger partial charge in [-0.2, -0.15) is 5.10 Å². The van der Waals surface area contributed by atoms with E-state index in [0.29, 0.717) is 67.3 Å². The second-order valence-electron chi connectivity index (χ2n) is 11.0. The maximum absolute atomic E-state index is 11.4. The second-order valence-corrected chi connectivity index (χ2v) is 12.2. The van der Waals surface area contributed by atoms with Crippen molar-refractivity contribution in [2.45, 2.75) is 49.7 Å². The number of ether oxygens (including phenoxy) is 1. The van der Waals surface area contributed by atoms with Crippen LogP contribution in [0.4, 0.5) is 0 Å². The fourth-order valence-corrected chi connectivity index (χ4v) is 6.75. The zero-order chi connectivity index (χ0) is 29.2. The summed E-state index contributed by atoms with van der Waals surface area (Å²) in [4.78, 5) is 11.3. The molecule has 214 valence electrons. The Labute approximate surface area is 255 Å². The molecule has 0 atom stereocenters. The van der Waals surface area contributed by atoms with Crippen molar-refractivity contribution in [1.29, 1.82) is 0 Å². The first kappa shape index (κ1) is 27.3. The first-order valence-electron chi connectivity index (χ1n) is 13.5. The first-order chi connectivity index (χ1) is 20.2. The predicted octanol–water partition coefficient (Wildman–Crippen LogP) is 8.10. The van der Waals surface area contributed by atoms with E-state index in [1.54, 1.807) is 42.5 Å². The van der Waals surface area contributed by atoms with Gasteiger partial charge in [-0.05, 0) is 67.5 Å². The van der Waals surface area contributed by atoms with Crippen LogP contribution in [0.3, 0.4) is 0 Å².